The average molecular weight is 771 g/mol. The number of hydrogen-bond donors (Lipinski definition) is 4. The Morgan fingerprint density at radius 3 is 1.50 bits per heavy atom. The topological polar surface area (TPSA) is 135 Å². The zero-order chi connectivity index (χ0) is 39.3. The molecule has 0 aromatic carbocycles. The lowest BCUT2D eigenvalue weighted by molar-refractivity contribution is -0.305. The molecule has 1 heterocycles. The number of ether oxygens (including phenoxy) is 4. The monoisotopic (exact) mass is 771 g/mol. The fraction of sp³-hybridized carbons (Fsp3) is 0.933. The van der Waals surface area contributed by atoms with E-state index in [1.54, 1.807) is 0 Å². The average Bonchev–Trinajstić information content (AvgIpc) is 3.17. The fourth-order valence-corrected chi connectivity index (χ4v) is 7.08. The number of aliphatic hydroxyl groups is 4. The van der Waals surface area contributed by atoms with Crippen molar-refractivity contribution < 1.29 is 44.2 Å². The van der Waals surface area contributed by atoms with Crippen molar-refractivity contribution in [3.8, 4) is 0 Å². The Hall–Kier alpha value is -1.07. The first-order chi connectivity index (χ1) is 26.4. The van der Waals surface area contributed by atoms with E-state index in [-0.39, 0.29) is 19.2 Å². The van der Waals surface area contributed by atoms with Crippen LogP contribution in [0.5, 0.6) is 0 Å². The Morgan fingerprint density at radius 2 is 1.02 bits per heavy atom. The second kappa shape index (κ2) is 37.5. The molecule has 0 amide bonds. The van der Waals surface area contributed by atoms with Crippen molar-refractivity contribution in [2.24, 2.45) is 0 Å². The Balaban J connectivity index is 2.09. The summed E-state index contributed by atoms with van der Waals surface area (Å²) >= 11 is 0. The molecule has 0 saturated carbocycles. The first-order valence-corrected chi connectivity index (χ1v) is 22.8. The smallest absolute Gasteiger partial charge is 0.306 e. The van der Waals surface area contributed by atoms with Crippen LogP contribution in [0.3, 0.4) is 0 Å². The van der Waals surface area contributed by atoms with E-state index >= 15 is 0 Å². The Bertz CT molecular complexity index is 838. The summed E-state index contributed by atoms with van der Waals surface area (Å²) in [5.74, 6) is -0.314. The molecular formula is C45H86O9. The van der Waals surface area contributed by atoms with Crippen molar-refractivity contribution in [3.05, 3.63) is 12.2 Å². The zero-order valence-corrected chi connectivity index (χ0v) is 35.0. The van der Waals surface area contributed by atoms with E-state index in [9.17, 15) is 25.2 Å². The van der Waals surface area contributed by atoms with Crippen LogP contribution in [0.2, 0.25) is 0 Å². The van der Waals surface area contributed by atoms with Gasteiger partial charge in [-0.25, -0.2) is 0 Å². The number of unbranched alkanes of at least 4 members (excludes halogenated alkanes) is 26. The summed E-state index contributed by atoms with van der Waals surface area (Å²) in [5, 5.41) is 39.9. The van der Waals surface area contributed by atoms with E-state index in [1.807, 2.05) is 0 Å². The lowest BCUT2D eigenvalue weighted by Crippen LogP contribution is -2.59. The maximum atomic E-state index is 12.7. The quantitative estimate of drug-likeness (QED) is 0.0274. The normalized spacial score (nSPS) is 20.9. The number of aliphatic hydroxyl groups excluding tert-OH is 4. The highest BCUT2D eigenvalue weighted by atomic mass is 16.7. The van der Waals surface area contributed by atoms with Gasteiger partial charge in [-0.2, -0.15) is 0 Å². The van der Waals surface area contributed by atoms with Crippen molar-refractivity contribution in [1.82, 2.24) is 0 Å². The third-order valence-electron chi connectivity index (χ3n) is 10.7. The maximum absolute atomic E-state index is 12.7. The van der Waals surface area contributed by atoms with Gasteiger partial charge in [0.2, 0.25) is 0 Å². The summed E-state index contributed by atoms with van der Waals surface area (Å²) in [6.45, 7) is 4.53. The maximum Gasteiger partial charge on any atom is 0.306 e. The highest BCUT2D eigenvalue weighted by Gasteiger charge is 2.44. The summed E-state index contributed by atoms with van der Waals surface area (Å²) in [4.78, 5) is 12.7. The first-order valence-electron chi connectivity index (χ1n) is 22.8. The van der Waals surface area contributed by atoms with Gasteiger partial charge in [0.25, 0.3) is 0 Å². The van der Waals surface area contributed by atoms with Crippen LogP contribution in [-0.2, 0) is 23.7 Å². The first kappa shape index (κ1) is 50.9. The minimum atomic E-state index is -1.53. The molecule has 1 aliphatic heterocycles. The van der Waals surface area contributed by atoms with Crippen LogP contribution in [0.4, 0.5) is 0 Å². The van der Waals surface area contributed by atoms with Crippen LogP contribution < -0.4 is 0 Å². The fourth-order valence-electron chi connectivity index (χ4n) is 7.08. The molecule has 1 fully saturated rings. The molecule has 6 atom stereocenters. The van der Waals surface area contributed by atoms with Gasteiger partial charge in [-0.05, 0) is 38.5 Å². The van der Waals surface area contributed by atoms with Gasteiger partial charge in [-0.15, -0.1) is 0 Å². The number of hydrogen-bond acceptors (Lipinski definition) is 9. The predicted octanol–water partition coefficient (Wildman–Crippen LogP) is 10.0. The molecule has 54 heavy (non-hydrogen) atoms. The van der Waals surface area contributed by atoms with Crippen LogP contribution in [0.15, 0.2) is 12.2 Å². The molecule has 0 spiro atoms. The summed E-state index contributed by atoms with van der Waals surface area (Å²) < 4.78 is 22.6. The van der Waals surface area contributed by atoms with Crippen molar-refractivity contribution in [2.75, 3.05) is 26.4 Å². The molecule has 0 aromatic rings. The Kier molecular flexibility index (Phi) is 35.4. The van der Waals surface area contributed by atoms with Crippen LogP contribution in [0, 0.1) is 0 Å². The van der Waals surface area contributed by atoms with Crippen molar-refractivity contribution in [1.29, 1.82) is 0 Å². The largest absolute Gasteiger partial charge is 0.457 e. The highest BCUT2D eigenvalue weighted by molar-refractivity contribution is 5.69. The van der Waals surface area contributed by atoms with Gasteiger partial charge in [0, 0.05) is 13.0 Å². The summed E-state index contributed by atoms with van der Waals surface area (Å²) in [5.41, 5.74) is 0. The van der Waals surface area contributed by atoms with E-state index < -0.39 is 43.4 Å². The lowest BCUT2D eigenvalue weighted by atomic mass is 9.99. The molecule has 0 aromatic heterocycles. The zero-order valence-electron chi connectivity index (χ0n) is 35.0. The Morgan fingerprint density at radius 1 is 0.574 bits per heavy atom. The molecule has 1 aliphatic rings. The van der Waals surface area contributed by atoms with Crippen molar-refractivity contribution in [2.45, 2.75) is 243 Å². The molecule has 9 nitrogen and oxygen atoms in total. The minimum absolute atomic E-state index is 0.109. The molecule has 6 unspecified atom stereocenters. The molecule has 9 heteroatoms. The standard InChI is InChI=1S/C45H86O9/c1-3-5-7-9-11-12-13-14-15-16-17-18-19-20-21-22-23-24-25-26-27-28-29-30-32-34-41(47)53-39(37-51-35-33-31-10-8-6-4-2)38-52-45-44(50)43(49)42(48)40(36-46)54-45/h16-17,39-40,42-46,48-50H,3-15,18-38H2,1-2H3/b17-16-. The van der Waals surface area contributed by atoms with E-state index in [2.05, 4.69) is 26.0 Å². The third kappa shape index (κ3) is 28.3. The van der Waals surface area contributed by atoms with Crippen LogP contribution in [0.1, 0.15) is 206 Å². The van der Waals surface area contributed by atoms with Gasteiger partial charge in [-0.3, -0.25) is 4.79 Å². The summed E-state index contributed by atoms with van der Waals surface area (Å²) in [6, 6.07) is 0. The third-order valence-corrected chi connectivity index (χ3v) is 10.7. The van der Waals surface area contributed by atoms with Gasteiger partial charge >= 0.3 is 5.97 Å². The van der Waals surface area contributed by atoms with E-state index in [0.717, 1.165) is 32.1 Å². The van der Waals surface area contributed by atoms with Gasteiger partial charge in [0.15, 0.2) is 6.29 Å². The number of esters is 1. The molecule has 1 saturated heterocycles. The van der Waals surface area contributed by atoms with Gasteiger partial charge in [0.05, 0.1) is 19.8 Å². The highest BCUT2D eigenvalue weighted by Crippen LogP contribution is 2.23. The second-order valence-electron chi connectivity index (χ2n) is 15.9. The predicted molar refractivity (Wildman–Crippen MR) is 219 cm³/mol. The Labute approximate surface area is 331 Å². The SMILES string of the molecule is CCCCCCCCCC/C=C\CCCCCCCCCCCCCCCC(=O)OC(COCCCCCCCC)COC1OC(CO)C(O)C(O)C1O. The van der Waals surface area contributed by atoms with Gasteiger partial charge in [0.1, 0.15) is 30.5 Å². The summed E-state index contributed by atoms with van der Waals surface area (Å²) in [7, 11) is 0. The van der Waals surface area contributed by atoms with Crippen LogP contribution in [-0.4, -0.2) is 89.6 Å². The van der Waals surface area contributed by atoms with Gasteiger partial charge < -0.3 is 39.4 Å². The molecule has 0 bridgehead atoms. The number of carbonyl (C=O) groups excluding carboxylic acids is 1. The van der Waals surface area contributed by atoms with Crippen LogP contribution >= 0.6 is 0 Å². The number of allylic oxidation sites excluding steroid dienone is 2. The second-order valence-corrected chi connectivity index (χ2v) is 15.9. The molecule has 1 rings (SSSR count). The molecule has 4 N–H and O–H groups in total. The van der Waals surface area contributed by atoms with Gasteiger partial charge in [-0.1, -0.05) is 174 Å². The van der Waals surface area contributed by atoms with E-state index in [4.69, 9.17) is 18.9 Å². The van der Waals surface area contributed by atoms with E-state index in [0.29, 0.717) is 13.0 Å². The molecule has 0 aliphatic carbocycles. The van der Waals surface area contributed by atoms with Crippen LogP contribution in [0.25, 0.3) is 0 Å². The van der Waals surface area contributed by atoms with Crippen molar-refractivity contribution >= 4 is 5.97 Å². The minimum Gasteiger partial charge on any atom is -0.457 e. The molecule has 0 radical (unpaired) electrons. The summed E-state index contributed by atoms with van der Waals surface area (Å²) in [6.07, 6.45) is 34.2. The van der Waals surface area contributed by atoms with E-state index in [1.165, 1.54) is 154 Å². The number of rotatable bonds is 39. The molecule has 320 valence electrons. The number of carbonyl (C=O) groups is 1. The van der Waals surface area contributed by atoms with Crippen molar-refractivity contribution in [3.63, 3.8) is 0 Å². The lowest BCUT2D eigenvalue weighted by Gasteiger charge is -2.39. The molecular weight excluding hydrogens is 684 g/mol.